The van der Waals surface area contributed by atoms with Crippen LogP contribution in [0.5, 0.6) is 0 Å². The first-order valence-corrected chi connectivity index (χ1v) is 4.31. The Morgan fingerprint density at radius 3 is 3.07 bits per heavy atom. The first-order chi connectivity index (χ1) is 6.75. The van der Waals surface area contributed by atoms with Crippen molar-refractivity contribution in [1.29, 1.82) is 0 Å². The zero-order valence-corrected chi connectivity index (χ0v) is 7.56. The number of hydrogen-bond donors (Lipinski definition) is 1. The molecule has 8 heteroatoms. The summed E-state index contributed by atoms with van der Waals surface area (Å²) in [5.41, 5.74) is 0.458. The van der Waals surface area contributed by atoms with E-state index in [1.165, 1.54) is 6.20 Å². The topological polar surface area (TPSA) is 102 Å². The van der Waals surface area contributed by atoms with Crippen LogP contribution in [0.25, 0.3) is 11.6 Å². The predicted octanol–water partition coefficient (Wildman–Crippen LogP) is 0.215. The monoisotopic (exact) mass is 212 g/mol. The van der Waals surface area contributed by atoms with Gasteiger partial charge in [0.15, 0.2) is 5.69 Å². The molecular formula is C6H4N4O3S. The fourth-order valence-electron chi connectivity index (χ4n) is 0.817. The van der Waals surface area contributed by atoms with Gasteiger partial charge in [-0.1, -0.05) is 0 Å². The molecule has 2 aromatic heterocycles. The van der Waals surface area contributed by atoms with E-state index in [2.05, 4.69) is 18.9 Å². The molecule has 0 spiro atoms. The van der Waals surface area contributed by atoms with Crippen LogP contribution in [0.3, 0.4) is 0 Å². The molecule has 0 amide bonds. The van der Waals surface area contributed by atoms with Gasteiger partial charge in [-0.15, -0.1) is 10.2 Å². The zero-order valence-electron chi connectivity index (χ0n) is 6.75. The number of aliphatic carboxylic acids is 1. The Morgan fingerprint density at radius 2 is 2.43 bits per heavy atom. The number of rotatable bonds is 3. The van der Waals surface area contributed by atoms with Crippen LogP contribution in [0.15, 0.2) is 10.6 Å². The lowest BCUT2D eigenvalue weighted by molar-refractivity contribution is -0.136. The molecule has 1 N–H and O–H groups in total. The number of nitrogens with zero attached hydrogens (tertiary/aromatic N) is 4. The summed E-state index contributed by atoms with van der Waals surface area (Å²) >= 11 is 1.01. The van der Waals surface area contributed by atoms with Crippen molar-refractivity contribution in [2.24, 2.45) is 0 Å². The van der Waals surface area contributed by atoms with E-state index in [4.69, 9.17) is 9.52 Å². The van der Waals surface area contributed by atoms with Crippen molar-refractivity contribution in [2.45, 2.75) is 6.42 Å². The summed E-state index contributed by atoms with van der Waals surface area (Å²) in [6, 6.07) is 0. The first-order valence-electron chi connectivity index (χ1n) is 3.58. The molecule has 0 saturated heterocycles. The maximum absolute atomic E-state index is 10.3. The largest absolute Gasteiger partial charge is 0.481 e. The second-order valence-corrected chi connectivity index (χ2v) is 2.92. The lowest BCUT2D eigenvalue weighted by Gasteiger charge is -1.85. The van der Waals surface area contributed by atoms with E-state index in [1.54, 1.807) is 0 Å². The summed E-state index contributed by atoms with van der Waals surface area (Å²) in [5.74, 6) is -0.771. The lowest BCUT2D eigenvalue weighted by atomic mass is 10.4. The Bertz CT molecular complexity index is 438. The third-order valence-corrected chi connectivity index (χ3v) is 1.83. The summed E-state index contributed by atoms with van der Waals surface area (Å²) < 4.78 is 12.7. The smallest absolute Gasteiger partial charge is 0.312 e. The van der Waals surface area contributed by atoms with Crippen LogP contribution in [0.4, 0.5) is 0 Å². The van der Waals surface area contributed by atoms with Crippen LogP contribution in [0.1, 0.15) is 5.89 Å². The Balaban J connectivity index is 2.22. The number of aromatic nitrogens is 4. The van der Waals surface area contributed by atoms with Crippen LogP contribution in [-0.4, -0.2) is 30.0 Å². The van der Waals surface area contributed by atoms with E-state index in [0.717, 1.165) is 11.7 Å². The van der Waals surface area contributed by atoms with Crippen molar-refractivity contribution in [3.63, 3.8) is 0 Å². The van der Waals surface area contributed by atoms with Gasteiger partial charge in [0, 0.05) is 0 Å². The van der Waals surface area contributed by atoms with Crippen molar-refractivity contribution in [3.8, 4) is 11.6 Å². The average molecular weight is 212 g/mol. The van der Waals surface area contributed by atoms with Gasteiger partial charge in [0.1, 0.15) is 6.42 Å². The minimum atomic E-state index is -1.02. The van der Waals surface area contributed by atoms with Gasteiger partial charge in [0.05, 0.1) is 17.9 Å². The van der Waals surface area contributed by atoms with E-state index in [9.17, 15) is 4.79 Å². The molecule has 0 aliphatic rings. The molecule has 0 aliphatic heterocycles. The van der Waals surface area contributed by atoms with Gasteiger partial charge in [-0.25, -0.2) is 0 Å². The lowest BCUT2D eigenvalue weighted by Crippen LogP contribution is -1.99. The van der Waals surface area contributed by atoms with Crippen LogP contribution in [0.2, 0.25) is 0 Å². The summed E-state index contributed by atoms with van der Waals surface area (Å²) in [6.45, 7) is 0. The molecule has 72 valence electrons. The Hall–Kier alpha value is -1.83. The van der Waals surface area contributed by atoms with E-state index < -0.39 is 5.97 Å². The maximum Gasteiger partial charge on any atom is 0.312 e. The molecule has 2 aromatic rings. The van der Waals surface area contributed by atoms with Crippen LogP contribution in [0, 0.1) is 0 Å². The summed E-state index contributed by atoms with van der Waals surface area (Å²) in [7, 11) is 0. The molecule has 0 aliphatic carbocycles. The summed E-state index contributed by atoms with van der Waals surface area (Å²) in [4.78, 5) is 10.3. The molecule has 2 rings (SSSR count). The highest BCUT2D eigenvalue weighted by Crippen LogP contribution is 2.14. The van der Waals surface area contributed by atoms with Gasteiger partial charge < -0.3 is 9.52 Å². The molecule has 0 bridgehead atoms. The highest BCUT2D eigenvalue weighted by Gasteiger charge is 2.12. The third-order valence-electron chi connectivity index (χ3n) is 1.35. The second kappa shape index (κ2) is 3.50. The van der Waals surface area contributed by atoms with E-state index in [1.807, 2.05) is 0 Å². The fraction of sp³-hybridized carbons (Fsp3) is 0.167. The Kier molecular flexibility index (Phi) is 2.19. The van der Waals surface area contributed by atoms with Crippen molar-refractivity contribution >= 4 is 17.7 Å². The molecule has 0 saturated carbocycles. The van der Waals surface area contributed by atoms with Gasteiger partial charge in [0.2, 0.25) is 5.89 Å². The highest BCUT2D eigenvalue weighted by molar-refractivity contribution is 6.99. The minimum absolute atomic E-state index is 0.0560. The van der Waals surface area contributed by atoms with Crippen molar-refractivity contribution in [3.05, 3.63) is 12.1 Å². The predicted molar refractivity (Wildman–Crippen MR) is 44.5 cm³/mol. The van der Waals surface area contributed by atoms with Gasteiger partial charge in [-0.3, -0.25) is 4.79 Å². The number of carboxylic acids is 1. The molecule has 0 unspecified atom stereocenters. The highest BCUT2D eigenvalue weighted by atomic mass is 32.1. The van der Waals surface area contributed by atoms with Crippen molar-refractivity contribution < 1.29 is 14.3 Å². The number of carbonyl (C=O) groups is 1. The first kappa shape index (κ1) is 8.75. The van der Waals surface area contributed by atoms with E-state index in [-0.39, 0.29) is 18.2 Å². The van der Waals surface area contributed by atoms with Crippen molar-refractivity contribution in [1.82, 2.24) is 18.9 Å². The van der Waals surface area contributed by atoms with Crippen molar-refractivity contribution in [2.75, 3.05) is 0 Å². The Morgan fingerprint density at radius 1 is 1.57 bits per heavy atom. The van der Waals surface area contributed by atoms with Crippen LogP contribution in [-0.2, 0) is 11.2 Å². The third kappa shape index (κ3) is 1.74. The normalized spacial score (nSPS) is 10.3. The summed E-state index contributed by atoms with van der Waals surface area (Å²) in [5, 5.41) is 15.6. The molecule has 0 fully saturated rings. The Labute approximate surface area is 81.7 Å². The number of carboxylic acid groups (broad SMARTS) is 1. The zero-order chi connectivity index (χ0) is 9.97. The second-order valence-electron chi connectivity index (χ2n) is 2.36. The molecular weight excluding hydrogens is 208 g/mol. The maximum atomic E-state index is 10.3. The fourth-order valence-corrected chi connectivity index (χ4v) is 1.22. The van der Waals surface area contributed by atoms with E-state index in [0.29, 0.717) is 5.69 Å². The molecule has 14 heavy (non-hydrogen) atoms. The van der Waals surface area contributed by atoms with Gasteiger partial charge in [-0.2, -0.15) is 8.75 Å². The molecule has 0 atom stereocenters. The molecule has 0 radical (unpaired) electrons. The number of hydrogen-bond acceptors (Lipinski definition) is 7. The average Bonchev–Trinajstić information content (AvgIpc) is 2.69. The molecule has 2 heterocycles. The molecule has 7 nitrogen and oxygen atoms in total. The summed E-state index contributed by atoms with van der Waals surface area (Å²) in [6.07, 6.45) is 1.19. The SMILES string of the molecule is O=C(O)Cc1nnc(-c2cnsn2)o1. The quantitative estimate of drug-likeness (QED) is 0.775. The molecule has 0 aromatic carbocycles. The minimum Gasteiger partial charge on any atom is -0.481 e. The van der Waals surface area contributed by atoms with Gasteiger partial charge in [0.25, 0.3) is 5.89 Å². The van der Waals surface area contributed by atoms with Crippen LogP contribution < -0.4 is 0 Å². The van der Waals surface area contributed by atoms with Crippen LogP contribution >= 0.6 is 11.7 Å². The van der Waals surface area contributed by atoms with Gasteiger partial charge in [-0.05, 0) is 0 Å². The standard InChI is InChI=1S/C6H4N4O3S/c11-5(12)1-4-8-9-6(13-4)3-2-7-14-10-3/h2H,1H2,(H,11,12). The van der Waals surface area contributed by atoms with Gasteiger partial charge >= 0.3 is 5.97 Å². The van der Waals surface area contributed by atoms with E-state index >= 15 is 0 Å².